The number of nitrogens with two attached hydrogens (primary N) is 1. The predicted molar refractivity (Wildman–Crippen MR) is 79.0 cm³/mol. The van der Waals surface area contributed by atoms with Gasteiger partial charge < -0.3 is 9.47 Å². The van der Waals surface area contributed by atoms with Gasteiger partial charge in [-0.05, 0) is 23.6 Å². The third kappa shape index (κ3) is 6.36. The van der Waals surface area contributed by atoms with Crippen molar-refractivity contribution in [3.8, 4) is 5.75 Å². The Kier molecular flexibility index (Phi) is 6.45. The molecule has 1 atom stereocenters. The molecule has 0 radical (unpaired) electrons. The molecular formula is C14H23NO4S. The molecule has 0 aromatic heterocycles. The third-order valence-electron chi connectivity index (χ3n) is 3.06. The molecule has 0 spiro atoms. The topological polar surface area (TPSA) is 78.6 Å². The number of hydrogen-bond donors (Lipinski definition) is 1. The molecule has 0 bridgehead atoms. The second kappa shape index (κ2) is 7.61. The van der Waals surface area contributed by atoms with Crippen LogP contribution in [-0.4, -0.2) is 27.9 Å². The molecule has 0 saturated carbocycles. The van der Waals surface area contributed by atoms with Gasteiger partial charge >= 0.3 is 0 Å². The van der Waals surface area contributed by atoms with E-state index in [2.05, 4.69) is 0 Å². The molecule has 0 aliphatic rings. The number of hydrogen-bond acceptors (Lipinski definition) is 4. The van der Waals surface area contributed by atoms with Crippen LogP contribution in [0.15, 0.2) is 24.3 Å². The number of primary sulfonamides is 1. The quantitative estimate of drug-likeness (QED) is 0.793. The van der Waals surface area contributed by atoms with Crippen LogP contribution in [0.4, 0.5) is 0 Å². The maximum atomic E-state index is 11.2. The highest BCUT2D eigenvalue weighted by Crippen LogP contribution is 2.18. The average molecular weight is 301 g/mol. The van der Waals surface area contributed by atoms with Crippen molar-refractivity contribution in [1.29, 1.82) is 0 Å². The number of benzene rings is 1. The Bertz CT molecular complexity index is 514. The van der Waals surface area contributed by atoms with E-state index in [1.54, 1.807) is 7.11 Å². The van der Waals surface area contributed by atoms with E-state index in [0.29, 0.717) is 19.0 Å². The van der Waals surface area contributed by atoms with Gasteiger partial charge in [0.05, 0.1) is 19.0 Å². The molecule has 6 heteroatoms. The first-order chi connectivity index (χ1) is 9.31. The van der Waals surface area contributed by atoms with E-state index in [1.807, 2.05) is 38.1 Å². The molecule has 2 N–H and O–H groups in total. The maximum Gasteiger partial charge on any atom is 0.209 e. The molecule has 1 aromatic rings. The Morgan fingerprint density at radius 1 is 1.30 bits per heavy atom. The predicted octanol–water partition coefficient (Wildman–Crippen LogP) is 1.77. The zero-order valence-electron chi connectivity index (χ0n) is 12.2. The monoisotopic (exact) mass is 301 g/mol. The number of rotatable bonds is 8. The molecule has 0 fully saturated rings. The van der Waals surface area contributed by atoms with Crippen LogP contribution in [0.5, 0.6) is 5.75 Å². The lowest BCUT2D eigenvalue weighted by Gasteiger charge is -2.20. The summed E-state index contributed by atoms with van der Waals surface area (Å²) in [4.78, 5) is 0. The lowest BCUT2D eigenvalue weighted by Crippen LogP contribution is -2.30. The van der Waals surface area contributed by atoms with Crippen molar-refractivity contribution in [2.45, 2.75) is 20.5 Å². The average Bonchev–Trinajstić information content (AvgIpc) is 2.34. The highest BCUT2D eigenvalue weighted by Gasteiger charge is 2.20. The normalized spacial score (nSPS) is 13.4. The van der Waals surface area contributed by atoms with E-state index < -0.39 is 10.0 Å². The minimum absolute atomic E-state index is 0.0670. The van der Waals surface area contributed by atoms with Crippen LogP contribution in [0.1, 0.15) is 19.4 Å². The van der Waals surface area contributed by atoms with Gasteiger partial charge in [-0.3, -0.25) is 0 Å². The second-order valence-electron chi connectivity index (χ2n) is 5.23. The summed E-state index contributed by atoms with van der Waals surface area (Å²) in [6.45, 7) is 4.76. The summed E-state index contributed by atoms with van der Waals surface area (Å²) in [6, 6.07) is 7.56. The first-order valence-electron chi connectivity index (χ1n) is 6.53. The summed E-state index contributed by atoms with van der Waals surface area (Å²) in [7, 11) is -1.86. The SMILES string of the molecule is COCc1cccc(OCC(CS(N)(=O)=O)C(C)C)c1. The van der Waals surface area contributed by atoms with Crippen LogP contribution in [0.3, 0.4) is 0 Å². The van der Waals surface area contributed by atoms with Gasteiger partial charge in [-0.1, -0.05) is 26.0 Å². The molecule has 1 rings (SSSR count). The number of methoxy groups -OCH3 is 1. The van der Waals surface area contributed by atoms with Gasteiger partial charge in [0.1, 0.15) is 5.75 Å². The Morgan fingerprint density at radius 3 is 2.55 bits per heavy atom. The molecule has 114 valence electrons. The molecule has 0 aliphatic heterocycles. The van der Waals surface area contributed by atoms with Crippen LogP contribution >= 0.6 is 0 Å². The Morgan fingerprint density at radius 2 is 2.00 bits per heavy atom. The van der Waals surface area contributed by atoms with Gasteiger partial charge in [0.15, 0.2) is 0 Å². The van der Waals surface area contributed by atoms with E-state index in [1.165, 1.54) is 0 Å². The van der Waals surface area contributed by atoms with E-state index in [-0.39, 0.29) is 17.6 Å². The Hall–Kier alpha value is -1.11. The molecule has 5 nitrogen and oxygen atoms in total. The molecule has 1 aromatic carbocycles. The number of sulfonamides is 1. The summed E-state index contributed by atoms with van der Waals surface area (Å²) < 4.78 is 33.2. The Labute approximate surface area is 121 Å². The first-order valence-corrected chi connectivity index (χ1v) is 8.24. The maximum absolute atomic E-state index is 11.2. The lowest BCUT2D eigenvalue weighted by atomic mass is 9.99. The summed E-state index contributed by atoms with van der Waals surface area (Å²) in [5.41, 5.74) is 1.01. The first kappa shape index (κ1) is 16.9. The lowest BCUT2D eigenvalue weighted by molar-refractivity contribution is 0.184. The van der Waals surface area contributed by atoms with Gasteiger partial charge in [-0.25, -0.2) is 13.6 Å². The van der Waals surface area contributed by atoms with Crippen LogP contribution in [-0.2, 0) is 21.4 Å². The van der Waals surface area contributed by atoms with E-state index in [9.17, 15) is 8.42 Å². The summed E-state index contributed by atoms with van der Waals surface area (Å²) in [5, 5.41) is 5.11. The minimum atomic E-state index is -3.49. The molecule has 1 unspecified atom stereocenters. The highest BCUT2D eigenvalue weighted by atomic mass is 32.2. The third-order valence-corrected chi connectivity index (χ3v) is 3.96. The van der Waals surface area contributed by atoms with Gasteiger partial charge in [0, 0.05) is 13.0 Å². The summed E-state index contributed by atoms with van der Waals surface area (Å²) in [5.74, 6) is 0.689. The second-order valence-corrected chi connectivity index (χ2v) is 6.88. The van der Waals surface area contributed by atoms with E-state index >= 15 is 0 Å². The smallest absolute Gasteiger partial charge is 0.209 e. The molecule has 0 amide bonds. The van der Waals surface area contributed by atoms with Crippen molar-refractivity contribution in [3.63, 3.8) is 0 Å². The number of ether oxygens (including phenoxy) is 2. The van der Waals surface area contributed by atoms with E-state index in [0.717, 1.165) is 5.56 Å². The molecule has 20 heavy (non-hydrogen) atoms. The van der Waals surface area contributed by atoms with Crippen LogP contribution < -0.4 is 9.88 Å². The summed E-state index contributed by atoms with van der Waals surface area (Å²) >= 11 is 0. The Balaban J connectivity index is 2.65. The van der Waals surface area contributed by atoms with Gasteiger partial charge in [-0.15, -0.1) is 0 Å². The van der Waals surface area contributed by atoms with Gasteiger partial charge in [-0.2, -0.15) is 0 Å². The van der Waals surface area contributed by atoms with Crippen LogP contribution in [0.2, 0.25) is 0 Å². The standard InChI is InChI=1S/C14H23NO4S/c1-11(2)13(10-20(15,16)17)9-19-14-6-4-5-12(7-14)8-18-3/h4-7,11,13H,8-10H2,1-3H3,(H2,15,16,17). The fraction of sp³-hybridized carbons (Fsp3) is 0.571. The van der Waals surface area contributed by atoms with Crippen molar-refractivity contribution in [3.05, 3.63) is 29.8 Å². The molecule has 0 saturated heterocycles. The van der Waals surface area contributed by atoms with Crippen molar-refractivity contribution >= 4 is 10.0 Å². The van der Waals surface area contributed by atoms with Gasteiger partial charge in [0.25, 0.3) is 0 Å². The summed E-state index contributed by atoms with van der Waals surface area (Å²) in [6.07, 6.45) is 0. The minimum Gasteiger partial charge on any atom is -0.493 e. The van der Waals surface area contributed by atoms with Crippen molar-refractivity contribution in [2.24, 2.45) is 17.0 Å². The molecule has 0 aliphatic carbocycles. The van der Waals surface area contributed by atoms with Crippen LogP contribution in [0.25, 0.3) is 0 Å². The largest absolute Gasteiger partial charge is 0.493 e. The molecular weight excluding hydrogens is 278 g/mol. The fourth-order valence-corrected chi connectivity index (χ4v) is 2.90. The van der Waals surface area contributed by atoms with Crippen molar-refractivity contribution < 1.29 is 17.9 Å². The van der Waals surface area contributed by atoms with Crippen LogP contribution in [0, 0.1) is 11.8 Å². The zero-order chi connectivity index (χ0) is 15.2. The molecule has 0 heterocycles. The van der Waals surface area contributed by atoms with E-state index in [4.69, 9.17) is 14.6 Å². The van der Waals surface area contributed by atoms with Crippen molar-refractivity contribution in [2.75, 3.05) is 19.5 Å². The zero-order valence-corrected chi connectivity index (χ0v) is 13.0. The highest BCUT2D eigenvalue weighted by molar-refractivity contribution is 7.89. The van der Waals surface area contributed by atoms with Crippen molar-refractivity contribution in [1.82, 2.24) is 0 Å². The van der Waals surface area contributed by atoms with Gasteiger partial charge in [0.2, 0.25) is 10.0 Å². The fourth-order valence-electron chi connectivity index (χ4n) is 1.83.